The summed E-state index contributed by atoms with van der Waals surface area (Å²) in [5.74, 6) is 1.28. The van der Waals surface area contributed by atoms with E-state index in [4.69, 9.17) is 21.3 Å². The van der Waals surface area contributed by atoms with E-state index < -0.39 is 11.2 Å². The molecule has 0 amide bonds. The summed E-state index contributed by atoms with van der Waals surface area (Å²) in [6.45, 7) is 7.52. The first-order valence-electron chi connectivity index (χ1n) is 8.87. The fraction of sp³-hybridized carbons (Fsp3) is 0.0909. The molecule has 8 nitrogen and oxygen atoms in total. The minimum Gasteiger partial charge on any atom is -0.489 e. The summed E-state index contributed by atoms with van der Waals surface area (Å²) >= 11 is 0. The van der Waals surface area contributed by atoms with Crippen molar-refractivity contribution < 1.29 is 9.47 Å². The molecule has 1 N–H and O–H groups in total. The van der Waals surface area contributed by atoms with Crippen LogP contribution in [0.4, 0.5) is 5.69 Å². The molecule has 30 heavy (non-hydrogen) atoms. The third-order valence-electron chi connectivity index (χ3n) is 3.98. The second-order valence-corrected chi connectivity index (χ2v) is 6.03. The van der Waals surface area contributed by atoms with Crippen LogP contribution >= 0.6 is 0 Å². The van der Waals surface area contributed by atoms with E-state index in [0.29, 0.717) is 22.9 Å². The van der Waals surface area contributed by atoms with Crippen LogP contribution in [0.5, 0.6) is 17.2 Å². The molecule has 1 aromatic heterocycles. The standard InChI is InChI=1S/C22H16N4O4/c1-24-17-7-8-19(30-18-6-2-4-16(14-18)5-3-10-23)20(15-17)29-13-12-26-11-9-21(27)25-22(26)28/h2-9,11,14-15H,12-13H2,(H,25,27,28)/b5-3+. The van der Waals surface area contributed by atoms with Crippen LogP contribution in [0.3, 0.4) is 0 Å². The Balaban J connectivity index is 1.78. The molecule has 3 rings (SSSR count). The van der Waals surface area contributed by atoms with Gasteiger partial charge in [-0.3, -0.25) is 14.3 Å². The first-order valence-corrected chi connectivity index (χ1v) is 8.87. The Hall–Kier alpha value is -4.56. The number of nitriles is 1. The van der Waals surface area contributed by atoms with Crippen LogP contribution in [-0.2, 0) is 6.54 Å². The van der Waals surface area contributed by atoms with Gasteiger partial charge in [-0.2, -0.15) is 5.26 Å². The molecule has 0 radical (unpaired) electrons. The number of nitrogens with one attached hydrogen (secondary N) is 1. The lowest BCUT2D eigenvalue weighted by atomic mass is 10.2. The number of ether oxygens (including phenoxy) is 2. The molecule has 0 aliphatic carbocycles. The topological polar surface area (TPSA) is 101 Å². The average molecular weight is 400 g/mol. The zero-order chi connectivity index (χ0) is 21.3. The summed E-state index contributed by atoms with van der Waals surface area (Å²) in [5.41, 5.74) is 0.181. The van der Waals surface area contributed by atoms with Gasteiger partial charge in [0.1, 0.15) is 12.4 Å². The van der Waals surface area contributed by atoms with Crippen molar-refractivity contribution in [3.05, 3.63) is 98.6 Å². The molecule has 1 heterocycles. The van der Waals surface area contributed by atoms with E-state index in [-0.39, 0.29) is 13.2 Å². The molecule has 3 aromatic rings. The van der Waals surface area contributed by atoms with Crippen LogP contribution in [0, 0.1) is 17.9 Å². The molecule has 0 aliphatic heterocycles. The van der Waals surface area contributed by atoms with Gasteiger partial charge in [0.05, 0.1) is 19.2 Å². The van der Waals surface area contributed by atoms with Crippen LogP contribution in [0.25, 0.3) is 10.9 Å². The van der Waals surface area contributed by atoms with Crippen LogP contribution in [-0.4, -0.2) is 16.2 Å². The summed E-state index contributed by atoms with van der Waals surface area (Å²) in [4.78, 5) is 28.5. The van der Waals surface area contributed by atoms with Crippen LogP contribution in [0.1, 0.15) is 5.56 Å². The van der Waals surface area contributed by atoms with Gasteiger partial charge >= 0.3 is 5.69 Å². The first-order chi connectivity index (χ1) is 14.6. The van der Waals surface area contributed by atoms with Gasteiger partial charge in [0, 0.05) is 18.3 Å². The van der Waals surface area contributed by atoms with Crippen molar-refractivity contribution in [2.24, 2.45) is 0 Å². The maximum absolute atomic E-state index is 11.8. The van der Waals surface area contributed by atoms with Gasteiger partial charge in [-0.05, 0) is 35.9 Å². The average Bonchev–Trinajstić information content (AvgIpc) is 2.75. The molecule has 148 valence electrons. The van der Waals surface area contributed by atoms with E-state index in [1.807, 2.05) is 12.1 Å². The summed E-state index contributed by atoms with van der Waals surface area (Å²) in [6.07, 6.45) is 4.42. The quantitative estimate of drug-likeness (QED) is 0.483. The van der Waals surface area contributed by atoms with Gasteiger partial charge in [0.25, 0.3) is 5.56 Å². The number of hydrogen-bond donors (Lipinski definition) is 1. The lowest BCUT2D eigenvalue weighted by Crippen LogP contribution is -2.30. The summed E-state index contributed by atoms with van der Waals surface area (Å²) in [5, 5.41) is 8.67. The van der Waals surface area contributed by atoms with Crippen molar-refractivity contribution in [2.75, 3.05) is 6.61 Å². The molecule has 0 aliphatic rings. The number of aromatic amines is 1. The van der Waals surface area contributed by atoms with Crippen molar-refractivity contribution in [3.63, 3.8) is 0 Å². The number of nitrogens with zero attached hydrogens (tertiary/aromatic N) is 3. The highest BCUT2D eigenvalue weighted by atomic mass is 16.5. The maximum Gasteiger partial charge on any atom is 0.328 e. The summed E-state index contributed by atoms with van der Waals surface area (Å²) in [7, 11) is 0. The highest BCUT2D eigenvalue weighted by Gasteiger charge is 2.09. The molecule has 0 spiro atoms. The van der Waals surface area contributed by atoms with Gasteiger partial charge in [-0.1, -0.05) is 18.2 Å². The van der Waals surface area contributed by atoms with Crippen molar-refractivity contribution in [1.82, 2.24) is 9.55 Å². The van der Waals surface area contributed by atoms with Gasteiger partial charge in [0.15, 0.2) is 17.2 Å². The summed E-state index contributed by atoms with van der Waals surface area (Å²) in [6, 6.07) is 15.1. The third-order valence-corrected chi connectivity index (χ3v) is 3.98. The van der Waals surface area contributed by atoms with Crippen molar-refractivity contribution in [3.8, 4) is 23.3 Å². The Morgan fingerprint density at radius 1 is 1.17 bits per heavy atom. The SMILES string of the molecule is [C-]#[N+]c1ccc(Oc2cccc(/C=C/C#N)c2)c(OCCn2ccc(=O)[nH]c2=O)c1. The molecule has 0 unspecified atom stereocenters. The first kappa shape index (κ1) is 20.2. The summed E-state index contributed by atoms with van der Waals surface area (Å²) < 4.78 is 13.0. The smallest absolute Gasteiger partial charge is 0.328 e. The second-order valence-electron chi connectivity index (χ2n) is 6.03. The highest BCUT2D eigenvalue weighted by molar-refractivity contribution is 5.57. The van der Waals surface area contributed by atoms with Crippen molar-refractivity contribution >= 4 is 11.8 Å². The van der Waals surface area contributed by atoms with Gasteiger partial charge in [-0.15, -0.1) is 0 Å². The number of rotatable bonds is 7. The van der Waals surface area contributed by atoms with Crippen molar-refractivity contribution in [2.45, 2.75) is 6.54 Å². The lowest BCUT2D eigenvalue weighted by molar-refractivity contribution is 0.283. The molecule has 0 atom stereocenters. The Morgan fingerprint density at radius 2 is 2.03 bits per heavy atom. The highest BCUT2D eigenvalue weighted by Crippen LogP contribution is 2.35. The molecular formula is C22H16N4O4. The number of H-pyrrole nitrogens is 1. The van der Waals surface area contributed by atoms with Crippen LogP contribution < -0.4 is 20.7 Å². The molecule has 0 bridgehead atoms. The second kappa shape index (κ2) is 9.58. The van der Waals surface area contributed by atoms with E-state index in [1.54, 1.807) is 42.5 Å². The predicted octanol–water partition coefficient (Wildman–Crippen LogP) is 3.50. The monoisotopic (exact) mass is 400 g/mol. The predicted molar refractivity (Wildman–Crippen MR) is 111 cm³/mol. The Morgan fingerprint density at radius 3 is 2.80 bits per heavy atom. The van der Waals surface area contributed by atoms with Gasteiger partial charge < -0.3 is 9.47 Å². The Bertz CT molecular complexity index is 1280. The third kappa shape index (κ3) is 5.24. The van der Waals surface area contributed by atoms with E-state index >= 15 is 0 Å². The van der Waals surface area contributed by atoms with Gasteiger partial charge in [0.2, 0.25) is 0 Å². The van der Waals surface area contributed by atoms with E-state index in [9.17, 15) is 9.59 Å². The Kier molecular flexibility index (Phi) is 6.44. The van der Waals surface area contributed by atoms with Crippen molar-refractivity contribution in [1.29, 1.82) is 5.26 Å². The van der Waals surface area contributed by atoms with E-state index in [2.05, 4.69) is 9.83 Å². The zero-order valence-corrected chi connectivity index (χ0v) is 15.7. The fourth-order valence-electron chi connectivity index (χ4n) is 2.58. The fourth-order valence-corrected chi connectivity index (χ4v) is 2.58. The molecule has 0 saturated carbocycles. The van der Waals surface area contributed by atoms with Crippen LogP contribution in [0.2, 0.25) is 0 Å². The molecule has 0 saturated heterocycles. The molecule has 8 heteroatoms. The largest absolute Gasteiger partial charge is 0.489 e. The van der Waals surface area contributed by atoms with E-state index in [0.717, 1.165) is 5.56 Å². The molecule has 2 aromatic carbocycles. The number of hydrogen-bond acceptors (Lipinski definition) is 5. The maximum atomic E-state index is 11.8. The number of benzene rings is 2. The van der Waals surface area contributed by atoms with E-state index in [1.165, 1.54) is 22.9 Å². The molecule has 0 fully saturated rings. The van der Waals surface area contributed by atoms with Crippen LogP contribution in [0.15, 0.2) is 70.4 Å². The minimum absolute atomic E-state index is 0.120. The molecular weight excluding hydrogens is 384 g/mol. The Labute approximate surface area is 171 Å². The normalized spacial score (nSPS) is 10.3. The lowest BCUT2D eigenvalue weighted by Gasteiger charge is -2.14. The number of aromatic nitrogens is 2. The van der Waals surface area contributed by atoms with Gasteiger partial charge in [-0.25, -0.2) is 9.64 Å². The zero-order valence-electron chi connectivity index (χ0n) is 15.7. The number of allylic oxidation sites excluding steroid dienone is 1. The minimum atomic E-state index is -0.528.